The molecule has 0 radical (unpaired) electrons. The zero-order valence-corrected chi connectivity index (χ0v) is 21.7. The van der Waals surface area contributed by atoms with Gasteiger partial charge in [0, 0.05) is 31.6 Å². The molecule has 4 heteroatoms. The fourth-order valence-corrected chi connectivity index (χ4v) is 8.90. The molecule has 2 N–H and O–H groups in total. The Morgan fingerprint density at radius 1 is 1.15 bits per heavy atom. The number of unbranched alkanes of at least 4 members (excludes halogenated alkanes) is 3. The van der Waals surface area contributed by atoms with E-state index >= 15 is 0 Å². The molecule has 0 aromatic rings. The van der Waals surface area contributed by atoms with Gasteiger partial charge in [-0.3, -0.25) is 4.79 Å². The molecule has 0 bridgehead atoms. The number of allylic oxidation sites excluding steroid dienone is 1. The van der Waals surface area contributed by atoms with Crippen molar-refractivity contribution in [2.45, 2.75) is 117 Å². The van der Waals surface area contributed by atoms with Gasteiger partial charge in [-0.15, -0.1) is 0 Å². The zero-order valence-electron chi connectivity index (χ0n) is 21.7. The number of rotatable bonds is 9. The van der Waals surface area contributed by atoms with Crippen molar-refractivity contribution in [2.24, 2.45) is 34.5 Å². The van der Waals surface area contributed by atoms with Crippen LogP contribution >= 0.6 is 0 Å². The van der Waals surface area contributed by atoms with E-state index in [-0.39, 0.29) is 30.1 Å². The predicted octanol–water partition coefficient (Wildman–Crippen LogP) is 6.03. The van der Waals surface area contributed by atoms with E-state index < -0.39 is 0 Å². The van der Waals surface area contributed by atoms with Gasteiger partial charge in [0.25, 0.3) is 0 Å². The average Bonchev–Trinajstić information content (AvgIpc) is 3.13. The van der Waals surface area contributed by atoms with Crippen LogP contribution in [0.5, 0.6) is 0 Å². The van der Waals surface area contributed by atoms with Crippen molar-refractivity contribution >= 4 is 5.91 Å². The summed E-state index contributed by atoms with van der Waals surface area (Å²) in [6.07, 6.45) is 17.0. The molecule has 33 heavy (non-hydrogen) atoms. The van der Waals surface area contributed by atoms with E-state index in [0.717, 1.165) is 62.9 Å². The Labute approximate surface area is 202 Å². The number of aliphatic hydroxyl groups excluding tert-OH is 1. The van der Waals surface area contributed by atoms with Gasteiger partial charge in [0.1, 0.15) is 0 Å². The molecule has 4 rings (SSSR count). The maximum absolute atomic E-state index is 12.3. The van der Waals surface area contributed by atoms with Gasteiger partial charge in [-0.05, 0) is 86.9 Å². The summed E-state index contributed by atoms with van der Waals surface area (Å²) < 4.78 is 6.36. The molecule has 0 aromatic carbocycles. The second-order valence-electron chi connectivity index (χ2n) is 12.2. The quantitative estimate of drug-likeness (QED) is 0.327. The molecule has 188 valence electrons. The van der Waals surface area contributed by atoms with Gasteiger partial charge < -0.3 is 15.2 Å². The van der Waals surface area contributed by atoms with Gasteiger partial charge in [-0.2, -0.15) is 0 Å². The Balaban J connectivity index is 1.50. The van der Waals surface area contributed by atoms with Gasteiger partial charge in [0.2, 0.25) is 5.91 Å². The highest BCUT2D eigenvalue weighted by atomic mass is 16.5. The standard InChI is InChI=1S/C29H49NO3/c1-5-21-11-13-25-24-12-10-22-18-23(33-17-9-7-6-8-16-31)19-27(30-20(2)32)29(22,4)26(24)14-15-28(21,25)3/h10,21,23-27,31H,5-9,11-19H2,1-4H3,(H,30,32)/t21-,23+,24-,25-,26-,27?,28+,29-/m0/s1. The van der Waals surface area contributed by atoms with Crippen molar-refractivity contribution in [2.75, 3.05) is 13.2 Å². The lowest BCUT2D eigenvalue weighted by atomic mass is 9.46. The molecule has 4 nitrogen and oxygen atoms in total. The number of amides is 1. The third-order valence-corrected chi connectivity index (χ3v) is 10.7. The summed E-state index contributed by atoms with van der Waals surface area (Å²) in [6, 6.07) is 0.176. The zero-order chi connectivity index (χ0) is 23.6. The highest BCUT2D eigenvalue weighted by Crippen LogP contribution is 2.66. The van der Waals surface area contributed by atoms with Gasteiger partial charge >= 0.3 is 0 Å². The molecule has 1 amide bonds. The molecule has 3 fully saturated rings. The summed E-state index contributed by atoms with van der Waals surface area (Å²) in [7, 11) is 0. The van der Waals surface area contributed by atoms with Gasteiger partial charge in [0.05, 0.1) is 6.10 Å². The Kier molecular flexibility index (Phi) is 7.95. The fraction of sp³-hybridized carbons (Fsp3) is 0.897. The molecule has 8 atom stereocenters. The average molecular weight is 460 g/mol. The first-order valence-electron chi connectivity index (χ1n) is 14.0. The molecule has 4 aliphatic rings. The maximum atomic E-state index is 12.3. The van der Waals surface area contributed by atoms with E-state index in [1.807, 2.05) is 0 Å². The van der Waals surface area contributed by atoms with Crippen molar-refractivity contribution in [3.05, 3.63) is 11.6 Å². The monoisotopic (exact) mass is 459 g/mol. The minimum atomic E-state index is 0.0706. The first kappa shape index (κ1) is 25.2. The second-order valence-corrected chi connectivity index (χ2v) is 12.2. The predicted molar refractivity (Wildman–Crippen MR) is 134 cm³/mol. The van der Waals surface area contributed by atoms with E-state index in [9.17, 15) is 4.79 Å². The first-order chi connectivity index (χ1) is 15.8. The number of ether oxygens (including phenoxy) is 1. The fourth-order valence-electron chi connectivity index (χ4n) is 8.90. The van der Waals surface area contributed by atoms with Gasteiger partial charge in [-0.25, -0.2) is 0 Å². The molecule has 3 saturated carbocycles. The smallest absolute Gasteiger partial charge is 0.217 e. The second kappa shape index (κ2) is 10.4. The number of hydrogen-bond acceptors (Lipinski definition) is 3. The van der Waals surface area contributed by atoms with Crippen LogP contribution in [0, 0.1) is 34.5 Å². The maximum Gasteiger partial charge on any atom is 0.217 e. The van der Waals surface area contributed by atoms with Gasteiger partial charge in [0.15, 0.2) is 0 Å². The number of hydrogen-bond donors (Lipinski definition) is 2. The summed E-state index contributed by atoms with van der Waals surface area (Å²) in [5, 5.41) is 12.4. The van der Waals surface area contributed by atoms with Crippen molar-refractivity contribution in [1.82, 2.24) is 5.32 Å². The van der Waals surface area contributed by atoms with E-state index in [4.69, 9.17) is 9.84 Å². The first-order valence-corrected chi connectivity index (χ1v) is 14.0. The Morgan fingerprint density at radius 3 is 2.67 bits per heavy atom. The van der Waals surface area contributed by atoms with Crippen LogP contribution in [0.3, 0.4) is 0 Å². The summed E-state index contributed by atoms with van der Waals surface area (Å²) in [4.78, 5) is 12.3. The molecule has 0 aromatic heterocycles. The van der Waals surface area contributed by atoms with E-state index in [0.29, 0.717) is 11.3 Å². The van der Waals surface area contributed by atoms with Crippen molar-refractivity contribution in [3.8, 4) is 0 Å². The Morgan fingerprint density at radius 2 is 1.94 bits per heavy atom. The van der Waals surface area contributed by atoms with E-state index in [1.54, 1.807) is 12.5 Å². The molecule has 0 spiro atoms. The van der Waals surface area contributed by atoms with E-state index in [2.05, 4.69) is 32.2 Å². The SMILES string of the molecule is CC[C@H]1CC[C@H]2[C@@H]3CC=C4C[C@@H](OCCCCCCO)CC(NC(C)=O)[C@]4(C)[C@H]3CC[C@]12C. The van der Waals surface area contributed by atoms with Crippen LogP contribution in [0.4, 0.5) is 0 Å². The molecule has 0 heterocycles. The van der Waals surface area contributed by atoms with E-state index in [1.165, 1.54) is 38.5 Å². The molecular formula is C29H49NO3. The third-order valence-electron chi connectivity index (χ3n) is 10.7. The minimum absolute atomic E-state index is 0.0706. The van der Waals surface area contributed by atoms with Crippen LogP contribution < -0.4 is 5.32 Å². The third kappa shape index (κ3) is 4.68. The number of carbonyl (C=O) groups excluding carboxylic acids is 1. The van der Waals surface area contributed by atoms with Crippen LogP contribution in [-0.4, -0.2) is 36.4 Å². The summed E-state index contributed by atoms with van der Waals surface area (Å²) >= 11 is 0. The number of nitrogens with one attached hydrogen (secondary N) is 1. The Bertz CT molecular complexity index is 720. The lowest BCUT2D eigenvalue weighted by molar-refractivity contribution is -0.123. The number of aliphatic hydroxyl groups is 1. The normalized spacial score (nSPS) is 42.2. The van der Waals surface area contributed by atoms with Crippen molar-refractivity contribution in [1.29, 1.82) is 0 Å². The van der Waals surface area contributed by atoms with Crippen LogP contribution in [0.1, 0.15) is 105 Å². The number of carbonyl (C=O) groups is 1. The topological polar surface area (TPSA) is 58.6 Å². The van der Waals surface area contributed by atoms with Crippen molar-refractivity contribution in [3.63, 3.8) is 0 Å². The highest BCUT2D eigenvalue weighted by Gasteiger charge is 2.60. The lowest BCUT2D eigenvalue weighted by Crippen LogP contribution is -2.60. The van der Waals surface area contributed by atoms with Crippen molar-refractivity contribution < 1.29 is 14.6 Å². The molecule has 0 aliphatic heterocycles. The minimum Gasteiger partial charge on any atom is -0.396 e. The highest BCUT2D eigenvalue weighted by molar-refractivity contribution is 5.73. The largest absolute Gasteiger partial charge is 0.396 e. The molecule has 1 unspecified atom stereocenters. The Hall–Kier alpha value is -0.870. The summed E-state index contributed by atoms with van der Waals surface area (Å²) in [5.41, 5.74) is 2.16. The van der Waals surface area contributed by atoms with Gasteiger partial charge in [-0.1, -0.05) is 51.7 Å². The van der Waals surface area contributed by atoms with Crippen LogP contribution in [-0.2, 0) is 9.53 Å². The molecular weight excluding hydrogens is 410 g/mol. The van der Waals surface area contributed by atoms with Crippen LogP contribution in [0.15, 0.2) is 11.6 Å². The lowest BCUT2D eigenvalue weighted by Gasteiger charge is -2.60. The summed E-state index contributed by atoms with van der Waals surface area (Å²) in [5.74, 6) is 3.30. The van der Waals surface area contributed by atoms with Crippen LogP contribution in [0.2, 0.25) is 0 Å². The van der Waals surface area contributed by atoms with Crippen LogP contribution in [0.25, 0.3) is 0 Å². The summed E-state index contributed by atoms with van der Waals surface area (Å²) in [6.45, 7) is 10.2. The molecule has 0 saturated heterocycles. The number of fused-ring (bicyclic) bond motifs is 5. The molecule has 4 aliphatic carbocycles.